The van der Waals surface area contributed by atoms with Crippen molar-refractivity contribution < 1.29 is 9.53 Å². The van der Waals surface area contributed by atoms with E-state index in [-0.39, 0.29) is 5.91 Å². The van der Waals surface area contributed by atoms with Crippen molar-refractivity contribution in [2.24, 2.45) is 5.92 Å². The molecule has 0 fully saturated rings. The molecule has 1 amide bonds. The van der Waals surface area contributed by atoms with Crippen LogP contribution >= 0.6 is 11.6 Å². The highest BCUT2D eigenvalue weighted by Gasteiger charge is 2.04. The molecule has 0 saturated carbocycles. The normalized spacial score (nSPS) is 10.7. The Bertz CT molecular complexity index is 363. The zero-order valence-corrected chi connectivity index (χ0v) is 11.7. The van der Waals surface area contributed by atoms with Gasteiger partial charge in [0.25, 0.3) is 5.91 Å². The molecule has 1 rings (SSSR count). The van der Waals surface area contributed by atoms with Crippen LogP contribution in [0.25, 0.3) is 0 Å². The van der Waals surface area contributed by atoms with Gasteiger partial charge < -0.3 is 10.1 Å². The number of ether oxygens (including phenoxy) is 1. The van der Waals surface area contributed by atoms with Gasteiger partial charge in [-0.25, -0.2) is 0 Å². The summed E-state index contributed by atoms with van der Waals surface area (Å²) >= 11 is 5.69. The van der Waals surface area contributed by atoms with Gasteiger partial charge in [0.1, 0.15) is 0 Å². The van der Waals surface area contributed by atoms with E-state index in [1.807, 2.05) is 12.1 Å². The lowest BCUT2D eigenvalue weighted by Gasteiger charge is -2.08. The van der Waals surface area contributed by atoms with Gasteiger partial charge >= 0.3 is 0 Å². The Morgan fingerprint density at radius 3 is 2.56 bits per heavy atom. The summed E-state index contributed by atoms with van der Waals surface area (Å²) in [6, 6.07) is 7.28. The zero-order chi connectivity index (χ0) is 13.4. The third-order valence-electron chi connectivity index (χ3n) is 2.35. The number of halogens is 1. The van der Waals surface area contributed by atoms with Gasteiger partial charge in [-0.05, 0) is 23.6 Å². The van der Waals surface area contributed by atoms with Crippen LogP contribution < -0.4 is 5.32 Å². The molecule has 0 radical (unpaired) electrons. The minimum absolute atomic E-state index is 0.0794. The van der Waals surface area contributed by atoms with Crippen molar-refractivity contribution in [1.82, 2.24) is 5.32 Å². The monoisotopic (exact) mass is 269 g/mol. The van der Waals surface area contributed by atoms with Crippen LogP contribution in [0.3, 0.4) is 0 Å². The molecule has 18 heavy (non-hydrogen) atoms. The fourth-order valence-electron chi connectivity index (χ4n) is 1.40. The topological polar surface area (TPSA) is 38.3 Å². The molecule has 0 heterocycles. The van der Waals surface area contributed by atoms with Crippen LogP contribution in [-0.2, 0) is 10.6 Å². The van der Waals surface area contributed by atoms with Crippen molar-refractivity contribution in [1.29, 1.82) is 0 Å². The van der Waals surface area contributed by atoms with Crippen LogP contribution in [0.4, 0.5) is 0 Å². The number of hydrogen-bond acceptors (Lipinski definition) is 2. The average Bonchev–Trinajstić information content (AvgIpc) is 2.38. The van der Waals surface area contributed by atoms with Crippen molar-refractivity contribution in [2.75, 3.05) is 19.8 Å². The Kier molecular flexibility index (Phi) is 6.76. The summed E-state index contributed by atoms with van der Waals surface area (Å²) in [6.07, 6.45) is 0. The Labute approximate surface area is 113 Å². The smallest absolute Gasteiger partial charge is 0.251 e. The predicted molar refractivity (Wildman–Crippen MR) is 74.0 cm³/mol. The molecule has 0 aliphatic carbocycles. The molecule has 3 nitrogen and oxygen atoms in total. The fraction of sp³-hybridized carbons (Fsp3) is 0.500. The lowest BCUT2D eigenvalue weighted by molar-refractivity contribution is 0.0886. The quantitative estimate of drug-likeness (QED) is 0.611. The standard InChI is InChI=1S/C14H20ClNO2/c1-11(2)10-18-8-7-16-14(17)13-5-3-12(9-15)4-6-13/h3-6,11H,7-10H2,1-2H3,(H,16,17). The van der Waals surface area contributed by atoms with Crippen molar-refractivity contribution >= 4 is 17.5 Å². The zero-order valence-electron chi connectivity index (χ0n) is 10.9. The second-order valence-electron chi connectivity index (χ2n) is 4.56. The molecule has 0 saturated heterocycles. The molecule has 0 aliphatic rings. The number of nitrogens with one attached hydrogen (secondary N) is 1. The highest BCUT2D eigenvalue weighted by molar-refractivity contribution is 6.17. The molecule has 0 bridgehead atoms. The number of carbonyl (C=O) groups excluding carboxylic acids is 1. The van der Waals surface area contributed by atoms with E-state index in [9.17, 15) is 4.79 Å². The number of alkyl halides is 1. The van der Waals surface area contributed by atoms with E-state index in [0.29, 0.717) is 30.5 Å². The van der Waals surface area contributed by atoms with Gasteiger partial charge in [0.05, 0.1) is 6.61 Å². The minimum atomic E-state index is -0.0794. The highest BCUT2D eigenvalue weighted by atomic mass is 35.5. The van der Waals surface area contributed by atoms with Gasteiger partial charge in [-0.3, -0.25) is 4.79 Å². The van der Waals surface area contributed by atoms with Crippen LogP contribution in [0.1, 0.15) is 29.8 Å². The minimum Gasteiger partial charge on any atom is -0.379 e. The number of rotatable bonds is 7. The van der Waals surface area contributed by atoms with E-state index >= 15 is 0 Å². The number of amides is 1. The molecule has 100 valence electrons. The van der Waals surface area contributed by atoms with Gasteiger partial charge in [0, 0.05) is 24.6 Å². The van der Waals surface area contributed by atoms with Crippen molar-refractivity contribution in [3.8, 4) is 0 Å². The summed E-state index contributed by atoms with van der Waals surface area (Å²) in [5, 5.41) is 2.81. The van der Waals surface area contributed by atoms with Crippen LogP contribution in [0.2, 0.25) is 0 Å². The van der Waals surface area contributed by atoms with Crippen LogP contribution in [-0.4, -0.2) is 25.7 Å². The van der Waals surface area contributed by atoms with Gasteiger partial charge in [0.15, 0.2) is 0 Å². The Morgan fingerprint density at radius 1 is 1.33 bits per heavy atom. The summed E-state index contributed by atoms with van der Waals surface area (Å²) in [7, 11) is 0. The first kappa shape index (κ1) is 15.0. The maximum atomic E-state index is 11.7. The summed E-state index contributed by atoms with van der Waals surface area (Å²) in [4.78, 5) is 11.7. The van der Waals surface area contributed by atoms with Crippen LogP contribution in [0, 0.1) is 5.92 Å². The highest BCUT2D eigenvalue weighted by Crippen LogP contribution is 2.06. The molecule has 0 spiro atoms. The van der Waals surface area contributed by atoms with Crippen LogP contribution in [0.15, 0.2) is 24.3 Å². The predicted octanol–water partition coefficient (Wildman–Crippen LogP) is 2.83. The van der Waals surface area contributed by atoms with E-state index < -0.39 is 0 Å². The number of hydrogen-bond donors (Lipinski definition) is 1. The summed E-state index contributed by atoms with van der Waals surface area (Å²) in [5.74, 6) is 0.901. The molecule has 4 heteroatoms. The molecule has 1 aromatic carbocycles. The van der Waals surface area contributed by atoms with E-state index in [0.717, 1.165) is 12.2 Å². The third-order valence-corrected chi connectivity index (χ3v) is 2.66. The van der Waals surface area contributed by atoms with E-state index in [2.05, 4.69) is 19.2 Å². The lowest BCUT2D eigenvalue weighted by Crippen LogP contribution is -2.27. The Balaban J connectivity index is 2.27. The average molecular weight is 270 g/mol. The fourth-order valence-corrected chi connectivity index (χ4v) is 1.58. The van der Waals surface area contributed by atoms with Gasteiger partial charge in [-0.1, -0.05) is 26.0 Å². The van der Waals surface area contributed by atoms with Crippen LogP contribution in [0.5, 0.6) is 0 Å². The molecule has 0 aliphatic heterocycles. The molecule has 1 N–H and O–H groups in total. The van der Waals surface area contributed by atoms with Gasteiger partial charge in [-0.2, -0.15) is 0 Å². The second kappa shape index (κ2) is 8.11. The Hall–Kier alpha value is -1.06. The van der Waals surface area contributed by atoms with E-state index in [4.69, 9.17) is 16.3 Å². The second-order valence-corrected chi connectivity index (χ2v) is 4.82. The molecule has 0 atom stereocenters. The third kappa shape index (κ3) is 5.52. The summed E-state index contributed by atoms with van der Waals surface area (Å²) < 4.78 is 5.39. The molecule has 1 aromatic rings. The molecular weight excluding hydrogens is 250 g/mol. The van der Waals surface area contributed by atoms with Gasteiger partial charge in [0.2, 0.25) is 0 Å². The first-order valence-electron chi connectivity index (χ1n) is 6.14. The Morgan fingerprint density at radius 2 is 2.00 bits per heavy atom. The van der Waals surface area contributed by atoms with E-state index in [1.165, 1.54) is 0 Å². The summed E-state index contributed by atoms with van der Waals surface area (Å²) in [5.41, 5.74) is 1.65. The number of benzene rings is 1. The largest absolute Gasteiger partial charge is 0.379 e. The van der Waals surface area contributed by atoms with Crippen molar-refractivity contribution in [3.63, 3.8) is 0 Å². The first-order chi connectivity index (χ1) is 8.63. The maximum Gasteiger partial charge on any atom is 0.251 e. The maximum absolute atomic E-state index is 11.7. The number of carbonyl (C=O) groups is 1. The summed E-state index contributed by atoms with van der Waals surface area (Å²) in [6.45, 7) is 5.99. The van der Waals surface area contributed by atoms with Crippen molar-refractivity contribution in [3.05, 3.63) is 35.4 Å². The van der Waals surface area contributed by atoms with Crippen molar-refractivity contribution in [2.45, 2.75) is 19.7 Å². The molecular formula is C14H20ClNO2. The van der Waals surface area contributed by atoms with E-state index in [1.54, 1.807) is 12.1 Å². The lowest BCUT2D eigenvalue weighted by atomic mass is 10.1. The molecule has 0 unspecified atom stereocenters. The van der Waals surface area contributed by atoms with Gasteiger partial charge in [-0.15, -0.1) is 11.6 Å². The first-order valence-corrected chi connectivity index (χ1v) is 6.67. The molecule has 0 aromatic heterocycles. The SMILES string of the molecule is CC(C)COCCNC(=O)c1ccc(CCl)cc1.